The minimum Gasteiger partial charge on any atom is -0.382 e. The Labute approximate surface area is 114 Å². The number of hydrogen-bond donors (Lipinski definition) is 3. The number of carbonyl (C=O) groups excluding carboxylic acids is 1. The van der Waals surface area contributed by atoms with Gasteiger partial charge in [0.25, 0.3) is 5.91 Å². The van der Waals surface area contributed by atoms with E-state index in [1.54, 1.807) is 0 Å². The summed E-state index contributed by atoms with van der Waals surface area (Å²) in [6.07, 6.45) is 4.36. The van der Waals surface area contributed by atoms with Crippen molar-refractivity contribution in [2.24, 2.45) is 5.73 Å². The van der Waals surface area contributed by atoms with E-state index >= 15 is 0 Å². The fourth-order valence-corrected chi connectivity index (χ4v) is 2.51. The van der Waals surface area contributed by atoms with Crippen LogP contribution >= 0.6 is 0 Å². The normalized spacial score (nSPS) is 22.8. The Bertz CT molecular complexity index is 425. The van der Waals surface area contributed by atoms with Crippen LogP contribution < -0.4 is 16.4 Å². The number of anilines is 1. The maximum absolute atomic E-state index is 11.8. The Morgan fingerprint density at radius 2 is 2.05 bits per heavy atom. The molecule has 1 saturated carbocycles. The largest absolute Gasteiger partial charge is 0.382 e. The summed E-state index contributed by atoms with van der Waals surface area (Å²) in [6.45, 7) is 2.57. The molecule has 0 saturated heterocycles. The van der Waals surface area contributed by atoms with Gasteiger partial charge in [0.1, 0.15) is 0 Å². The molecule has 0 atom stereocenters. The molecule has 1 aromatic carbocycles. The summed E-state index contributed by atoms with van der Waals surface area (Å²) in [6, 6.07) is 8.52. The Kier molecular flexibility index (Phi) is 4.80. The average Bonchev–Trinajstić information content (AvgIpc) is 2.42. The van der Waals surface area contributed by atoms with Crippen molar-refractivity contribution in [2.75, 3.05) is 11.9 Å². The summed E-state index contributed by atoms with van der Waals surface area (Å²) in [5, 5.41) is 6.32. The Hall–Kier alpha value is -1.55. The zero-order valence-electron chi connectivity index (χ0n) is 11.5. The van der Waals surface area contributed by atoms with Crippen LogP contribution in [0.5, 0.6) is 0 Å². The fraction of sp³-hybridized carbons (Fsp3) is 0.533. The summed E-state index contributed by atoms with van der Waals surface area (Å²) in [5.74, 6) is -0.0168. The quantitative estimate of drug-likeness (QED) is 0.777. The first-order chi connectivity index (χ1) is 9.19. The molecule has 4 N–H and O–H groups in total. The van der Waals surface area contributed by atoms with Crippen molar-refractivity contribution in [3.63, 3.8) is 0 Å². The fourth-order valence-electron chi connectivity index (χ4n) is 2.51. The third kappa shape index (κ3) is 3.96. The van der Waals surface area contributed by atoms with E-state index in [9.17, 15) is 4.79 Å². The van der Waals surface area contributed by atoms with Gasteiger partial charge in [0.05, 0.1) is 0 Å². The maximum Gasteiger partial charge on any atom is 0.251 e. The van der Waals surface area contributed by atoms with E-state index in [-0.39, 0.29) is 5.91 Å². The van der Waals surface area contributed by atoms with Gasteiger partial charge in [-0.05, 0) is 50.8 Å². The highest BCUT2D eigenvalue weighted by molar-refractivity contribution is 5.95. The van der Waals surface area contributed by atoms with Crippen LogP contribution in [0.15, 0.2) is 24.3 Å². The summed E-state index contributed by atoms with van der Waals surface area (Å²) in [7, 11) is 0. The summed E-state index contributed by atoms with van der Waals surface area (Å²) in [4.78, 5) is 11.8. The van der Waals surface area contributed by atoms with Crippen LogP contribution in [0.3, 0.4) is 0 Å². The van der Waals surface area contributed by atoms with E-state index in [1.165, 1.54) is 0 Å². The molecule has 1 amide bonds. The lowest BCUT2D eigenvalue weighted by atomic mass is 9.91. The number of nitrogens with one attached hydrogen (secondary N) is 2. The highest BCUT2D eigenvalue weighted by atomic mass is 16.1. The molecule has 4 heteroatoms. The molecule has 0 spiro atoms. The molecule has 1 aliphatic rings. The maximum atomic E-state index is 11.8. The molecule has 0 unspecified atom stereocenters. The van der Waals surface area contributed by atoms with Crippen LogP contribution in [0.2, 0.25) is 0 Å². The molecule has 0 radical (unpaired) electrons. The smallest absolute Gasteiger partial charge is 0.251 e. The molecule has 2 rings (SSSR count). The van der Waals surface area contributed by atoms with Gasteiger partial charge in [-0.15, -0.1) is 0 Å². The van der Waals surface area contributed by atoms with Crippen molar-refractivity contribution in [1.82, 2.24) is 5.32 Å². The van der Waals surface area contributed by atoms with Crippen LogP contribution in [-0.2, 0) is 0 Å². The second-order valence-electron chi connectivity index (χ2n) is 5.20. The standard InChI is InChI=1S/C15H23N3O/c1-2-17-15(19)11-4-3-5-14(10-11)18-13-8-6-12(16)7-9-13/h3-5,10,12-13,18H,2,6-9,16H2,1H3,(H,17,19). The van der Waals surface area contributed by atoms with Crippen molar-refractivity contribution in [3.8, 4) is 0 Å². The van der Waals surface area contributed by atoms with Crippen molar-refractivity contribution in [1.29, 1.82) is 0 Å². The first-order valence-electron chi connectivity index (χ1n) is 7.09. The highest BCUT2D eigenvalue weighted by Gasteiger charge is 2.18. The predicted octanol–water partition coefficient (Wildman–Crippen LogP) is 2.12. The third-order valence-corrected chi connectivity index (χ3v) is 3.60. The number of rotatable bonds is 4. The topological polar surface area (TPSA) is 67.2 Å². The number of amides is 1. The van der Waals surface area contributed by atoms with Crippen molar-refractivity contribution >= 4 is 11.6 Å². The second kappa shape index (κ2) is 6.57. The molecule has 0 aliphatic heterocycles. The zero-order valence-corrected chi connectivity index (χ0v) is 11.5. The van der Waals surface area contributed by atoms with Gasteiger partial charge in [-0.3, -0.25) is 4.79 Å². The van der Waals surface area contributed by atoms with Gasteiger partial charge < -0.3 is 16.4 Å². The van der Waals surface area contributed by atoms with Crippen LogP contribution in [-0.4, -0.2) is 24.5 Å². The van der Waals surface area contributed by atoms with Crippen molar-refractivity contribution in [3.05, 3.63) is 29.8 Å². The molecular formula is C15H23N3O. The molecule has 104 valence electrons. The summed E-state index contributed by atoms with van der Waals surface area (Å²) in [5.41, 5.74) is 7.63. The van der Waals surface area contributed by atoms with Gasteiger partial charge >= 0.3 is 0 Å². The zero-order chi connectivity index (χ0) is 13.7. The molecule has 0 heterocycles. The molecule has 0 bridgehead atoms. The van der Waals surface area contributed by atoms with E-state index < -0.39 is 0 Å². The third-order valence-electron chi connectivity index (χ3n) is 3.60. The van der Waals surface area contributed by atoms with Gasteiger partial charge in [-0.25, -0.2) is 0 Å². The van der Waals surface area contributed by atoms with Crippen molar-refractivity contribution in [2.45, 2.75) is 44.7 Å². The summed E-state index contributed by atoms with van der Waals surface area (Å²) < 4.78 is 0. The SMILES string of the molecule is CCNC(=O)c1cccc(NC2CCC(N)CC2)c1. The van der Waals surface area contributed by atoms with Gasteiger partial charge in [-0.2, -0.15) is 0 Å². The lowest BCUT2D eigenvalue weighted by Crippen LogP contribution is -2.32. The van der Waals surface area contributed by atoms with E-state index in [1.807, 2.05) is 31.2 Å². The first kappa shape index (κ1) is 13.9. The van der Waals surface area contributed by atoms with E-state index in [0.717, 1.165) is 31.4 Å². The molecular weight excluding hydrogens is 238 g/mol. The molecule has 1 aliphatic carbocycles. The molecule has 1 fully saturated rings. The number of carbonyl (C=O) groups is 1. The van der Waals surface area contributed by atoms with Crippen LogP contribution in [0, 0.1) is 0 Å². The molecule has 0 aromatic heterocycles. The van der Waals surface area contributed by atoms with E-state index in [2.05, 4.69) is 10.6 Å². The summed E-state index contributed by atoms with van der Waals surface area (Å²) >= 11 is 0. The van der Waals surface area contributed by atoms with Crippen LogP contribution in [0.1, 0.15) is 43.0 Å². The minimum atomic E-state index is -0.0168. The van der Waals surface area contributed by atoms with Gasteiger partial charge in [0, 0.05) is 29.9 Å². The van der Waals surface area contributed by atoms with Crippen LogP contribution in [0.4, 0.5) is 5.69 Å². The van der Waals surface area contributed by atoms with Gasteiger partial charge in [0.15, 0.2) is 0 Å². The Morgan fingerprint density at radius 1 is 1.32 bits per heavy atom. The van der Waals surface area contributed by atoms with Gasteiger partial charge in [-0.1, -0.05) is 6.07 Å². The second-order valence-corrected chi connectivity index (χ2v) is 5.20. The number of benzene rings is 1. The predicted molar refractivity (Wildman–Crippen MR) is 78.3 cm³/mol. The lowest BCUT2D eigenvalue weighted by molar-refractivity contribution is 0.0956. The van der Waals surface area contributed by atoms with E-state index in [4.69, 9.17) is 5.73 Å². The molecule has 19 heavy (non-hydrogen) atoms. The van der Waals surface area contributed by atoms with E-state index in [0.29, 0.717) is 24.2 Å². The number of hydrogen-bond acceptors (Lipinski definition) is 3. The Balaban J connectivity index is 1.97. The van der Waals surface area contributed by atoms with Gasteiger partial charge in [0.2, 0.25) is 0 Å². The average molecular weight is 261 g/mol. The minimum absolute atomic E-state index is 0.0168. The first-order valence-corrected chi connectivity index (χ1v) is 7.09. The molecule has 1 aromatic rings. The van der Waals surface area contributed by atoms with Crippen LogP contribution in [0.25, 0.3) is 0 Å². The molecule has 4 nitrogen and oxygen atoms in total. The monoisotopic (exact) mass is 261 g/mol. The lowest BCUT2D eigenvalue weighted by Gasteiger charge is -2.27. The van der Waals surface area contributed by atoms with Crippen molar-refractivity contribution < 1.29 is 4.79 Å². The Morgan fingerprint density at radius 3 is 2.74 bits per heavy atom. The highest BCUT2D eigenvalue weighted by Crippen LogP contribution is 2.21. The number of nitrogens with two attached hydrogens (primary N) is 1.